The van der Waals surface area contributed by atoms with Crippen molar-refractivity contribution < 1.29 is 9.53 Å². The molecule has 1 aromatic carbocycles. The van der Waals surface area contributed by atoms with Gasteiger partial charge in [0.2, 0.25) is 0 Å². The van der Waals surface area contributed by atoms with Crippen LogP contribution < -0.4 is 5.32 Å². The van der Waals surface area contributed by atoms with E-state index in [0.29, 0.717) is 12.2 Å². The summed E-state index contributed by atoms with van der Waals surface area (Å²) in [7, 11) is 0. The number of nitrogens with zero attached hydrogens (tertiary/aromatic N) is 2. The van der Waals surface area contributed by atoms with Gasteiger partial charge in [-0.15, -0.1) is 0 Å². The van der Waals surface area contributed by atoms with E-state index in [-0.39, 0.29) is 11.9 Å². The van der Waals surface area contributed by atoms with E-state index in [1.807, 2.05) is 6.07 Å². The molecule has 0 bridgehead atoms. The highest BCUT2D eigenvalue weighted by atomic mass is 16.5. The molecule has 1 unspecified atom stereocenters. The topological polar surface area (TPSA) is 64.1 Å². The Morgan fingerprint density at radius 1 is 1.44 bits per heavy atom. The highest BCUT2D eigenvalue weighted by molar-refractivity contribution is 5.97. The van der Waals surface area contributed by atoms with Crippen LogP contribution in [0.2, 0.25) is 0 Å². The van der Waals surface area contributed by atoms with Crippen LogP contribution in [-0.4, -0.2) is 35.1 Å². The zero-order chi connectivity index (χ0) is 12.4. The van der Waals surface area contributed by atoms with Gasteiger partial charge in [-0.2, -0.15) is 0 Å². The van der Waals surface area contributed by atoms with Crippen molar-refractivity contribution in [2.75, 3.05) is 13.2 Å². The fourth-order valence-electron chi connectivity index (χ4n) is 2.03. The second-order valence-corrected chi connectivity index (χ2v) is 4.33. The van der Waals surface area contributed by atoms with Crippen LogP contribution in [0.25, 0.3) is 10.9 Å². The molecule has 5 nitrogen and oxygen atoms in total. The number of nitrogens with one attached hydrogen (secondary N) is 1. The summed E-state index contributed by atoms with van der Waals surface area (Å²) in [5.74, 6) is -0.0778. The van der Waals surface area contributed by atoms with Gasteiger partial charge in [-0.05, 0) is 18.6 Å². The fourth-order valence-corrected chi connectivity index (χ4v) is 2.03. The predicted octanol–water partition coefficient (Wildman–Crippen LogP) is 1.15. The fraction of sp³-hybridized carbons (Fsp3) is 0.308. The Labute approximate surface area is 104 Å². The van der Waals surface area contributed by atoms with Crippen LogP contribution in [0.15, 0.2) is 30.7 Å². The minimum absolute atomic E-state index is 0.0778. The molecular formula is C13H13N3O2. The Hall–Kier alpha value is -2.01. The molecule has 0 aliphatic carbocycles. The lowest BCUT2D eigenvalue weighted by molar-refractivity contribution is 0.0930. The standard InChI is InChI=1S/C13H13N3O2/c17-13(16-11-3-4-18-7-11)9-1-2-10-6-14-8-15-12(10)5-9/h1-2,5-6,8,11H,3-4,7H2,(H,16,17). The zero-order valence-electron chi connectivity index (χ0n) is 9.80. The second-order valence-electron chi connectivity index (χ2n) is 4.33. The van der Waals surface area contributed by atoms with Crippen LogP contribution in [0, 0.1) is 0 Å². The van der Waals surface area contributed by atoms with Crippen LogP contribution in [0.1, 0.15) is 16.8 Å². The number of rotatable bonds is 2. The van der Waals surface area contributed by atoms with E-state index in [1.54, 1.807) is 18.3 Å². The number of amides is 1. The summed E-state index contributed by atoms with van der Waals surface area (Å²) >= 11 is 0. The number of fused-ring (bicyclic) bond motifs is 1. The van der Waals surface area contributed by atoms with Crippen LogP contribution in [0.3, 0.4) is 0 Å². The number of carbonyl (C=O) groups excluding carboxylic acids is 1. The number of hydrogen-bond donors (Lipinski definition) is 1. The van der Waals surface area contributed by atoms with Gasteiger partial charge in [0.1, 0.15) is 6.33 Å². The first-order valence-electron chi connectivity index (χ1n) is 5.91. The van der Waals surface area contributed by atoms with Gasteiger partial charge in [-0.1, -0.05) is 6.07 Å². The molecule has 1 amide bonds. The van der Waals surface area contributed by atoms with E-state index in [1.165, 1.54) is 6.33 Å². The lowest BCUT2D eigenvalue weighted by Crippen LogP contribution is -2.34. The number of ether oxygens (including phenoxy) is 1. The minimum atomic E-state index is -0.0778. The summed E-state index contributed by atoms with van der Waals surface area (Å²) < 4.78 is 5.23. The monoisotopic (exact) mass is 243 g/mol. The van der Waals surface area contributed by atoms with E-state index in [9.17, 15) is 4.79 Å². The van der Waals surface area contributed by atoms with E-state index in [0.717, 1.165) is 23.9 Å². The van der Waals surface area contributed by atoms with Gasteiger partial charge in [0.25, 0.3) is 5.91 Å². The van der Waals surface area contributed by atoms with Crippen LogP contribution in [0.4, 0.5) is 0 Å². The van der Waals surface area contributed by atoms with Crippen molar-refractivity contribution in [1.29, 1.82) is 0 Å². The first-order chi connectivity index (χ1) is 8.83. The van der Waals surface area contributed by atoms with Crippen molar-refractivity contribution in [1.82, 2.24) is 15.3 Å². The molecule has 1 fully saturated rings. The summed E-state index contributed by atoms with van der Waals surface area (Å²) in [6.45, 7) is 1.32. The van der Waals surface area contributed by atoms with E-state index >= 15 is 0 Å². The van der Waals surface area contributed by atoms with Gasteiger partial charge in [-0.3, -0.25) is 4.79 Å². The summed E-state index contributed by atoms with van der Waals surface area (Å²) in [4.78, 5) is 20.1. The minimum Gasteiger partial charge on any atom is -0.379 e. The van der Waals surface area contributed by atoms with E-state index in [4.69, 9.17) is 4.74 Å². The van der Waals surface area contributed by atoms with Crippen LogP contribution >= 0.6 is 0 Å². The molecular weight excluding hydrogens is 230 g/mol. The average Bonchev–Trinajstić information content (AvgIpc) is 2.91. The van der Waals surface area contributed by atoms with E-state index in [2.05, 4.69) is 15.3 Å². The summed E-state index contributed by atoms with van der Waals surface area (Å²) in [5, 5.41) is 3.88. The maximum Gasteiger partial charge on any atom is 0.251 e. The molecule has 1 atom stereocenters. The first kappa shape index (κ1) is 11.1. The Kier molecular flexibility index (Phi) is 2.90. The molecule has 0 radical (unpaired) electrons. The molecule has 2 aromatic rings. The Morgan fingerprint density at radius 3 is 3.22 bits per heavy atom. The van der Waals surface area contributed by atoms with Gasteiger partial charge in [0.15, 0.2) is 0 Å². The van der Waals surface area contributed by atoms with Crippen molar-refractivity contribution in [2.24, 2.45) is 0 Å². The lowest BCUT2D eigenvalue weighted by atomic mass is 10.1. The van der Waals surface area contributed by atoms with Crippen molar-refractivity contribution in [2.45, 2.75) is 12.5 Å². The smallest absolute Gasteiger partial charge is 0.251 e. The molecule has 1 aliphatic rings. The summed E-state index contributed by atoms with van der Waals surface area (Å²) in [6.07, 6.45) is 4.09. The molecule has 3 rings (SSSR count). The third-order valence-electron chi connectivity index (χ3n) is 3.03. The normalized spacial score (nSPS) is 19.0. The molecule has 1 N–H and O–H groups in total. The molecule has 1 saturated heterocycles. The van der Waals surface area contributed by atoms with Crippen LogP contribution in [-0.2, 0) is 4.74 Å². The van der Waals surface area contributed by atoms with Gasteiger partial charge in [-0.25, -0.2) is 9.97 Å². The van der Waals surface area contributed by atoms with Gasteiger partial charge < -0.3 is 10.1 Å². The van der Waals surface area contributed by atoms with Crippen LogP contribution in [0.5, 0.6) is 0 Å². The zero-order valence-corrected chi connectivity index (χ0v) is 9.80. The Balaban J connectivity index is 1.82. The number of carbonyl (C=O) groups is 1. The average molecular weight is 243 g/mol. The SMILES string of the molecule is O=C(NC1CCOC1)c1ccc2cncnc2c1. The van der Waals surface area contributed by atoms with Crippen molar-refractivity contribution in [3.8, 4) is 0 Å². The van der Waals surface area contributed by atoms with Crippen molar-refractivity contribution in [3.63, 3.8) is 0 Å². The summed E-state index contributed by atoms with van der Waals surface area (Å²) in [5.41, 5.74) is 1.40. The second kappa shape index (κ2) is 4.70. The Bertz CT molecular complexity index is 579. The third-order valence-corrected chi connectivity index (χ3v) is 3.03. The van der Waals surface area contributed by atoms with Crippen molar-refractivity contribution in [3.05, 3.63) is 36.3 Å². The van der Waals surface area contributed by atoms with Gasteiger partial charge in [0, 0.05) is 23.8 Å². The molecule has 2 heterocycles. The first-order valence-corrected chi connectivity index (χ1v) is 5.91. The molecule has 5 heteroatoms. The number of benzene rings is 1. The van der Waals surface area contributed by atoms with Gasteiger partial charge >= 0.3 is 0 Å². The Morgan fingerprint density at radius 2 is 2.39 bits per heavy atom. The number of aromatic nitrogens is 2. The molecule has 92 valence electrons. The maximum atomic E-state index is 12.0. The quantitative estimate of drug-likeness (QED) is 0.859. The van der Waals surface area contributed by atoms with Crippen molar-refractivity contribution >= 4 is 16.8 Å². The largest absolute Gasteiger partial charge is 0.379 e. The van der Waals surface area contributed by atoms with Gasteiger partial charge in [0.05, 0.1) is 18.2 Å². The van der Waals surface area contributed by atoms with E-state index < -0.39 is 0 Å². The highest BCUT2D eigenvalue weighted by Gasteiger charge is 2.18. The molecule has 0 saturated carbocycles. The predicted molar refractivity (Wildman–Crippen MR) is 66.2 cm³/mol. The molecule has 1 aromatic heterocycles. The third kappa shape index (κ3) is 2.17. The lowest BCUT2D eigenvalue weighted by Gasteiger charge is -2.10. The molecule has 18 heavy (non-hydrogen) atoms. The molecule has 0 spiro atoms. The number of hydrogen-bond acceptors (Lipinski definition) is 4. The maximum absolute atomic E-state index is 12.0. The molecule has 1 aliphatic heterocycles. The summed E-state index contributed by atoms with van der Waals surface area (Å²) in [6, 6.07) is 5.55. The highest BCUT2D eigenvalue weighted by Crippen LogP contribution is 2.13.